The summed E-state index contributed by atoms with van der Waals surface area (Å²) in [5.74, 6) is 0. The zero-order valence-corrected chi connectivity index (χ0v) is 13.2. The highest BCUT2D eigenvalue weighted by molar-refractivity contribution is 5.68. The number of piperazine rings is 1. The lowest BCUT2D eigenvalue weighted by molar-refractivity contribution is 0.00564. The van der Waals surface area contributed by atoms with Crippen LogP contribution in [0, 0.1) is 11.3 Å². The Morgan fingerprint density at radius 2 is 2.05 bits per heavy atom. The highest BCUT2D eigenvalue weighted by atomic mass is 16.6. The van der Waals surface area contributed by atoms with Crippen LogP contribution >= 0.6 is 0 Å². The van der Waals surface area contributed by atoms with E-state index in [0.29, 0.717) is 19.0 Å². The van der Waals surface area contributed by atoms with Gasteiger partial charge in [0.2, 0.25) is 0 Å². The van der Waals surface area contributed by atoms with Crippen molar-refractivity contribution in [1.29, 1.82) is 5.26 Å². The molecule has 0 radical (unpaired) electrons. The Labute approximate surface area is 122 Å². The van der Waals surface area contributed by atoms with Gasteiger partial charge in [-0.15, -0.1) is 0 Å². The van der Waals surface area contributed by atoms with Crippen LogP contribution < -0.4 is 0 Å². The van der Waals surface area contributed by atoms with Gasteiger partial charge in [-0.1, -0.05) is 0 Å². The Hall–Kier alpha value is -1.28. The Balaban J connectivity index is 2.35. The van der Waals surface area contributed by atoms with Gasteiger partial charge in [-0.05, 0) is 47.1 Å². The van der Waals surface area contributed by atoms with Crippen LogP contribution in [0.2, 0.25) is 0 Å². The van der Waals surface area contributed by atoms with Gasteiger partial charge in [-0.3, -0.25) is 4.90 Å². The molecule has 1 aliphatic rings. The van der Waals surface area contributed by atoms with E-state index >= 15 is 0 Å². The third kappa shape index (κ3) is 5.79. The van der Waals surface area contributed by atoms with Crippen LogP contribution in [0.25, 0.3) is 0 Å². The summed E-state index contributed by atoms with van der Waals surface area (Å²) in [6.07, 6.45) is 2.42. The number of rotatable bonds is 4. The van der Waals surface area contributed by atoms with Crippen LogP contribution in [0.1, 0.15) is 47.0 Å². The maximum absolute atomic E-state index is 12.0. The van der Waals surface area contributed by atoms with Crippen molar-refractivity contribution in [2.75, 3.05) is 26.2 Å². The SMILES string of the molecule is C[C@@H]1CN(C(=O)OC(C)(C)C)CCN1CCCCC#N. The van der Waals surface area contributed by atoms with E-state index in [-0.39, 0.29) is 6.09 Å². The fraction of sp³-hybridized carbons (Fsp3) is 0.867. The van der Waals surface area contributed by atoms with Crippen LogP contribution in [0.15, 0.2) is 0 Å². The molecule has 1 fully saturated rings. The molecule has 0 aromatic heterocycles. The maximum atomic E-state index is 12.0. The number of nitriles is 1. The number of carbonyl (C=O) groups is 1. The molecule has 0 saturated carbocycles. The lowest BCUT2D eigenvalue weighted by atomic mass is 10.1. The third-order valence-corrected chi connectivity index (χ3v) is 3.40. The fourth-order valence-corrected chi connectivity index (χ4v) is 2.34. The van der Waals surface area contributed by atoms with Gasteiger partial charge < -0.3 is 9.64 Å². The summed E-state index contributed by atoms with van der Waals surface area (Å²) in [6, 6.07) is 2.52. The first kappa shape index (κ1) is 16.8. The summed E-state index contributed by atoms with van der Waals surface area (Å²) >= 11 is 0. The number of amides is 1. The molecule has 0 aliphatic carbocycles. The minimum Gasteiger partial charge on any atom is -0.444 e. The minimum atomic E-state index is -0.436. The van der Waals surface area contributed by atoms with Gasteiger partial charge in [0.15, 0.2) is 0 Å². The molecule has 0 spiro atoms. The molecule has 0 unspecified atom stereocenters. The second-order valence-corrected chi connectivity index (χ2v) is 6.43. The predicted octanol–water partition coefficient (Wildman–Crippen LogP) is 2.62. The highest BCUT2D eigenvalue weighted by Crippen LogP contribution is 2.15. The summed E-state index contributed by atoms with van der Waals surface area (Å²) in [7, 11) is 0. The molecule has 5 heteroatoms. The van der Waals surface area contributed by atoms with Gasteiger partial charge >= 0.3 is 6.09 Å². The summed E-state index contributed by atoms with van der Waals surface area (Å²) in [4.78, 5) is 16.2. The normalized spacial score (nSPS) is 20.6. The van der Waals surface area contributed by atoms with Gasteiger partial charge in [-0.2, -0.15) is 5.26 Å². The molecule has 1 atom stereocenters. The predicted molar refractivity (Wildman–Crippen MR) is 78.3 cm³/mol. The molecule has 1 rings (SSSR count). The number of hydrogen-bond donors (Lipinski definition) is 0. The van der Waals surface area contributed by atoms with E-state index in [1.165, 1.54) is 0 Å². The van der Waals surface area contributed by atoms with Crippen molar-refractivity contribution in [2.45, 2.75) is 58.6 Å². The van der Waals surface area contributed by atoms with Gasteiger partial charge in [0.25, 0.3) is 0 Å². The zero-order valence-electron chi connectivity index (χ0n) is 13.2. The second kappa shape index (κ2) is 7.49. The van der Waals surface area contributed by atoms with Crippen LogP contribution in [0.3, 0.4) is 0 Å². The van der Waals surface area contributed by atoms with Crippen molar-refractivity contribution in [2.24, 2.45) is 0 Å². The highest BCUT2D eigenvalue weighted by Gasteiger charge is 2.29. The molecule has 0 aromatic rings. The second-order valence-electron chi connectivity index (χ2n) is 6.43. The average molecular weight is 281 g/mol. The Morgan fingerprint density at radius 1 is 1.35 bits per heavy atom. The molecule has 1 heterocycles. The number of unbranched alkanes of at least 4 members (excludes halogenated alkanes) is 2. The van der Waals surface area contributed by atoms with Crippen molar-refractivity contribution < 1.29 is 9.53 Å². The molecular weight excluding hydrogens is 254 g/mol. The summed E-state index contributed by atoms with van der Waals surface area (Å²) in [5, 5.41) is 8.52. The molecule has 5 nitrogen and oxygen atoms in total. The van der Waals surface area contributed by atoms with Crippen LogP contribution in [-0.2, 0) is 4.74 Å². The number of ether oxygens (including phenoxy) is 1. The lowest BCUT2D eigenvalue weighted by Gasteiger charge is -2.40. The average Bonchev–Trinajstić information content (AvgIpc) is 2.34. The Bertz CT molecular complexity index is 357. The van der Waals surface area contributed by atoms with Crippen LogP contribution in [0.5, 0.6) is 0 Å². The van der Waals surface area contributed by atoms with Crippen molar-refractivity contribution in [1.82, 2.24) is 9.80 Å². The number of nitrogens with zero attached hydrogens (tertiary/aromatic N) is 3. The van der Waals surface area contributed by atoms with Crippen molar-refractivity contribution in [3.8, 4) is 6.07 Å². The van der Waals surface area contributed by atoms with Crippen LogP contribution in [-0.4, -0.2) is 53.7 Å². The summed E-state index contributed by atoms with van der Waals surface area (Å²) in [6.45, 7) is 11.1. The van der Waals surface area contributed by atoms with Crippen LogP contribution in [0.4, 0.5) is 4.79 Å². The smallest absolute Gasteiger partial charge is 0.410 e. The molecule has 114 valence electrons. The van der Waals surface area contributed by atoms with E-state index in [2.05, 4.69) is 17.9 Å². The van der Waals surface area contributed by atoms with Crippen molar-refractivity contribution in [3.63, 3.8) is 0 Å². The largest absolute Gasteiger partial charge is 0.444 e. The number of hydrogen-bond acceptors (Lipinski definition) is 4. The first-order valence-corrected chi connectivity index (χ1v) is 7.42. The van der Waals surface area contributed by atoms with Gasteiger partial charge in [0.05, 0.1) is 6.07 Å². The summed E-state index contributed by atoms with van der Waals surface area (Å²) in [5.41, 5.74) is -0.436. The quantitative estimate of drug-likeness (QED) is 0.743. The first-order valence-electron chi connectivity index (χ1n) is 7.42. The molecule has 1 amide bonds. The fourth-order valence-electron chi connectivity index (χ4n) is 2.34. The van der Waals surface area contributed by atoms with E-state index in [0.717, 1.165) is 32.5 Å². The molecule has 20 heavy (non-hydrogen) atoms. The molecular formula is C15H27N3O2. The zero-order chi connectivity index (χ0) is 15.2. The van der Waals surface area contributed by atoms with Crippen molar-refractivity contribution >= 4 is 6.09 Å². The van der Waals surface area contributed by atoms with E-state index in [1.807, 2.05) is 20.8 Å². The van der Waals surface area contributed by atoms with E-state index < -0.39 is 5.60 Å². The standard InChI is InChI=1S/C15H27N3O2/c1-13-12-18(14(19)20-15(2,3)4)11-10-17(13)9-7-5-6-8-16/h13H,5-7,9-12H2,1-4H3/t13-/m1/s1. The van der Waals surface area contributed by atoms with E-state index in [4.69, 9.17) is 10.00 Å². The molecule has 1 saturated heterocycles. The maximum Gasteiger partial charge on any atom is 0.410 e. The lowest BCUT2D eigenvalue weighted by Crippen LogP contribution is -2.54. The van der Waals surface area contributed by atoms with Gasteiger partial charge in [0.1, 0.15) is 5.60 Å². The van der Waals surface area contributed by atoms with Crippen molar-refractivity contribution in [3.05, 3.63) is 0 Å². The van der Waals surface area contributed by atoms with E-state index in [1.54, 1.807) is 4.90 Å². The molecule has 0 bridgehead atoms. The number of carbonyl (C=O) groups excluding carboxylic acids is 1. The first-order chi connectivity index (χ1) is 9.33. The monoisotopic (exact) mass is 281 g/mol. The van der Waals surface area contributed by atoms with Gasteiger partial charge in [0, 0.05) is 32.1 Å². The summed E-state index contributed by atoms with van der Waals surface area (Å²) < 4.78 is 5.41. The molecule has 0 aromatic carbocycles. The Kier molecular flexibility index (Phi) is 6.28. The minimum absolute atomic E-state index is 0.214. The third-order valence-electron chi connectivity index (χ3n) is 3.40. The Morgan fingerprint density at radius 3 is 2.60 bits per heavy atom. The molecule has 1 aliphatic heterocycles. The topological polar surface area (TPSA) is 56.6 Å². The van der Waals surface area contributed by atoms with E-state index in [9.17, 15) is 4.79 Å². The van der Waals surface area contributed by atoms with Gasteiger partial charge in [-0.25, -0.2) is 4.79 Å². The molecule has 0 N–H and O–H groups in total.